The van der Waals surface area contributed by atoms with E-state index >= 15 is 0 Å². The minimum absolute atomic E-state index is 0.208. The van der Waals surface area contributed by atoms with Gasteiger partial charge in [-0.2, -0.15) is 0 Å². The van der Waals surface area contributed by atoms with Crippen molar-refractivity contribution in [3.8, 4) is 0 Å². The van der Waals surface area contributed by atoms with E-state index in [0.717, 1.165) is 10.8 Å². The molecule has 0 spiro atoms. The average molecular weight is 183 g/mol. The van der Waals surface area contributed by atoms with Crippen molar-refractivity contribution in [1.29, 1.82) is 0 Å². The van der Waals surface area contributed by atoms with Gasteiger partial charge in [-0.25, -0.2) is 4.98 Å². The van der Waals surface area contributed by atoms with Crippen LogP contribution in [-0.2, 0) is 0 Å². The molecule has 0 aliphatic carbocycles. The number of hydrogen-bond donors (Lipinski definition) is 1. The minimum atomic E-state index is 0.208. The Kier molecular flexibility index (Phi) is 3.56. The first-order chi connectivity index (χ1) is 5.74. The minimum Gasteiger partial charge on any atom is -0.396 e. The molecule has 3 heteroatoms. The van der Waals surface area contributed by atoms with E-state index in [1.807, 2.05) is 20.0 Å². The summed E-state index contributed by atoms with van der Waals surface area (Å²) in [7, 11) is 0. The zero-order valence-electron chi connectivity index (χ0n) is 7.37. The van der Waals surface area contributed by atoms with E-state index in [-0.39, 0.29) is 6.61 Å². The number of thioether (sulfide) groups is 1. The summed E-state index contributed by atoms with van der Waals surface area (Å²) in [5, 5.41) is 9.65. The van der Waals surface area contributed by atoms with Crippen molar-refractivity contribution in [1.82, 2.24) is 4.98 Å². The molecule has 1 aromatic rings. The summed E-state index contributed by atoms with van der Waals surface area (Å²) < 4.78 is 0. The second kappa shape index (κ2) is 4.48. The molecular weight excluding hydrogens is 170 g/mol. The van der Waals surface area contributed by atoms with Crippen LogP contribution in [0.15, 0.2) is 17.3 Å². The Hall–Kier alpha value is -0.540. The van der Waals surface area contributed by atoms with Gasteiger partial charge in [0.15, 0.2) is 0 Å². The van der Waals surface area contributed by atoms with Crippen molar-refractivity contribution in [2.75, 3.05) is 12.4 Å². The summed E-state index contributed by atoms with van der Waals surface area (Å²) in [6.45, 7) is 4.28. The Labute approximate surface area is 77.0 Å². The molecule has 1 aromatic heterocycles. The predicted molar refractivity (Wildman–Crippen MR) is 51.5 cm³/mol. The number of aryl methyl sites for hydroxylation is 2. The van der Waals surface area contributed by atoms with Gasteiger partial charge in [0.2, 0.25) is 0 Å². The maximum Gasteiger partial charge on any atom is 0.0990 e. The number of nitrogens with zero attached hydrogens (tertiary/aromatic N) is 1. The normalized spacial score (nSPS) is 10.2. The Morgan fingerprint density at radius 1 is 1.50 bits per heavy atom. The molecule has 0 aromatic carbocycles. The van der Waals surface area contributed by atoms with Crippen LogP contribution in [0.1, 0.15) is 11.1 Å². The van der Waals surface area contributed by atoms with E-state index in [1.54, 1.807) is 11.8 Å². The van der Waals surface area contributed by atoms with Crippen LogP contribution in [0.25, 0.3) is 0 Å². The first-order valence-electron chi connectivity index (χ1n) is 3.91. The topological polar surface area (TPSA) is 33.1 Å². The molecule has 0 aliphatic heterocycles. The Bertz CT molecular complexity index is 263. The lowest BCUT2D eigenvalue weighted by atomic mass is 10.2. The molecule has 0 fully saturated rings. The quantitative estimate of drug-likeness (QED) is 0.725. The number of aliphatic hydroxyl groups is 1. The molecule has 1 heterocycles. The maximum absolute atomic E-state index is 8.62. The average Bonchev–Trinajstić information content (AvgIpc) is 2.03. The fourth-order valence-corrected chi connectivity index (χ4v) is 1.69. The molecule has 0 radical (unpaired) electrons. The molecule has 0 bridgehead atoms. The lowest BCUT2D eigenvalue weighted by Gasteiger charge is -2.03. The van der Waals surface area contributed by atoms with Gasteiger partial charge in [0, 0.05) is 11.9 Å². The highest BCUT2D eigenvalue weighted by molar-refractivity contribution is 7.99. The van der Waals surface area contributed by atoms with E-state index in [1.165, 1.54) is 11.1 Å². The van der Waals surface area contributed by atoms with Gasteiger partial charge >= 0.3 is 0 Å². The third-order valence-electron chi connectivity index (χ3n) is 1.50. The van der Waals surface area contributed by atoms with Gasteiger partial charge in [0.05, 0.1) is 11.6 Å². The van der Waals surface area contributed by atoms with Crippen LogP contribution in [0, 0.1) is 13.8 Å². The molecule has 0 amide bonds. The zero-order chi connectivity index (χ0) is 8.97. The number of rotatable bonds is 3. The Morgan fingerprint density at radius 3 is 2.83 bits per heavy atom. The second-order valence-corrected chi connectivity index (χ2v) is 3.79. The second-order valence-electron chi connectivity index (χ2n) is 2.71. The highest BCUT2D eigenvalue weighted by atomic mass is 32.2. The third kappa shape index (κ3) is 2.50. The van der Waals surface area contributed by atoms with Gasteiger partial charge in [-0.05, 0) is 25.0 Å². The molecular formula is C9H13NOS. The van der Waals surface area contributed by atoms with Crippen LogP contribution >= 0.6 is 11.8 Å². The predicted octanol–water partition coefficient (Wildman–Crippen LogP) is 1.78. The van der Waals surface area contributed by atoms with Gasteiger partial charge in [0.1, 0.15) is 0 Å². The molecule has 0 aliphatic rings. The van der Waals surface area contributed by atoms with Crippen molar-refractivity contribution >= 4 is 11.8 Å². The maximum atomic E-state index is 8.62. The van der Waals surface area contributed by atoms with Crippen LogP contribution in [-0.4, -0.2) is 22.5 Å². The molecule has 1 rings (SSSR count). The summed E-state index contributed by atoms with van der Waals surface area (Å²) >= 11 is 1.59. The summed E-state index contributed by atoms with van der Waals surface area (Å²) in [5.41, 5.74) is 2.37. The summed E-state index contributed by atoms with van der Waals surface area (Å²) in [6.07, 6.45) is 1.85. The van der Waals surface area contributed by atoms with E-state index in [9.17, 15) is 0 Å². The van der Waals surface area contributed by atoms with Crippen molar-refractivity contribution in [3.63, 3.8) is 0 Å². The van der Waals surface area contributed by atoms with E-state index in [0.29, 0.717) is 0 Å². The largest absolute Gasteiger partial charge is 0.396 e. The van der Waals surface area contributed by atoms with E-state index in [4.69, 9.17) is 5.11 Å². The molecule has 1 N–H and O–H groups in total. The highest BCUT2D eigenvalue weighted by Crippen LogP contribution is 2.19. The van der Waals surface area contributed by atoms with E-state index < -0.39 is 0 Å². The number of aromatic nitrogens is 1. The van der Waals surface area contributed by atoms with Crippen LogP contribution in [0.4, 0.5) is 0 Å². The van der Waals surface area contributed by atoms with Crippen LogP contribution in [0.5, 0.6) is 0 Å². The van der Waals surface area contributed by atoms with Gasteiger partial charge in [-0.1, -0.05) is 6.07 Å². The molecule has 12 heavy (non-hydrogen) atoms. The van der Waals surface area contributed by atoms with Gasteiger partial charge in [-0.15, -0.1) is 11.8 Å². The number of pyridine rings is 1. The zero-order valence-corrected chi connectivity index (χ0v) is 8.19. The fourth-order valence-electron chi connectivity index (χ4n) is 0.996. The highest BCUT2D eigenvalue weighted by Gasteiger charge is 1.99. The molecule has 0 unspecified atom stereocenters. The van der Waals surface area contributed by atoms with Crippen molar-refractivity contribution in [2.24, 2.45) is 0 Å². The molecule has 0 saturated heterocycles. The van der Waals surface area contributed by atoms with Gasteiger partial charge in [-0.3, -0.25) is 0 Å². The molecule has 66 valence electrons. The van der Waals surface area contributed by atoms with Gasteiger partial charge < -0.3 is 5.11 Å². The standard InChI is InChI=1S/C9H13NOS/c1-7-5-8(2)9(10-6-7)12-4-3-11/h5-6,11H,3-4H2,1-2H3. The SMILES string of the molecule is Cc1cnc(SCCO)c(C)c1. The lowest BCUT2D eigenvalue weighted by Crippen LogP contribution is -1.91. The van der Waals surface area contributed by atoms with Crippen molar-refractivity contribution < 1.29 is 5.11 Å². The smallest absolute Gasteiger partial charge is 0.0990 e. The third-order valence-corrected chi connectivity index (χ3v) is 2.58. The first-order valence-corrected chi connectivity index (χ1v) is 4.89. The molecule has 0 saturated carbocycles. The monoisotopic (exact) mass is 183 g/mol. The fraction of sp³-hybridized carbons (Fsp3) is 0.444. The summed E-state index contributed by atoms with van der Waals surface area (Å²) in [4.78, 5) is 4.27. The molecule has 2 nitrogen and oxygen atoms in total. The lowest BCUT2D eigenvalue weighted by molar-refractivity contribution is 0.322. The summed E-state index contributed by atoms with van der Waals surface area (Å²) in [5.74, 6) is 0.719. The first kappa shape index (κ1) is 9.55. The van der Waals surface area contributed by atoms with Crippen molar-refractivity contribution in [3.05, 3.63) is 23.4 Å². The molecule has 0 atom stereocenters. The number of hydrogen-bond acceptors (Lipinski definition) is 3. The summed E-state index contributed by atoms with van der Waals surface area (Å²) in [6, 6.07) is 2.10. The Balaban J connectivity index is 2.72. The van der Waals surface area contributed by atoms with Gasteiger partial charge in [0.25, 0.3) is 0 Å². The van der Waals surface area contributed by atoms with Crippen molar-refractivity contribution in [2.45, 2.75) is 18.9 Å². The van der Waals surface area contributed by atoms with Crippen LogP contribution < -0.4 is 0 Å². The Morgan fingerprint density at radius 2 is 2.25 bits per heavy atom. The van der Waals surface area contributed by atoms with Crippen LogP contribution in [0.3, 0.4) is 0 Å². The van der Waals surface area contributed by atoms with E-state index in [2.05, 4.69) is 11.1 Å². The van der Waals surface area contributed by atoms with Crippen LogP contribution in [0.2, 0.25) is 0 Å². The number of aliphatic hydroxyl groups excluding tert-OH is 1.